The molecule has 2 heterocycles. The number of aromatic nitrogens is 1. The molecule has 1 N–H and O–H groups in total. The maximum atomic E-state index is 12.2. The molecule has 0 atom stereocenters. The monoisotopic (exact) mass is 249 g/mol. The summed E-state index contributed by atoms with van der Waals surface area (Å²) in [7, 11) is 0. The fraction of sp³-hybridized carbons (Fsp3) is 0.583. The van der Waals surface area contributed by atoms with Crippen molar-refractivity contribution in [2.24, 2.45) is 0 Å². The Labute approximate surface area is 104 Å². The minimum atomic E-state index is -0.628. The number of hydrogen-bond donors (Lipinski definition) is 1. The number of imide groups is 1. The summed E-state index contributed by atoms with van der Waals surface area (Å²) in [5, 5.41) is 2.78. The van der Waals surface area contributed by atoms with Crippen LogP contribution in [-0.4, -0.2) is 27.4 Å². The van der Waals surface area contributed by atoms with E-state index in [1.165, 1.54) is 4.90 Å². The average Bonchev–Trinajstić information content (AvgIpc) is 2.86. The van der Waals surface area contributed by atoms with Crippen molar-refractivity contribution < 1.29 is 14.0 Å². The van der Waals surface area contributed by atoms with Gasteiger partial charge in [-0.25, -0.2) is 9.78 Å². The van der Waals surface area contributed by atoms with Crippen molar-refractivity contribution in [2.45, 2.75) is 44.7 Å². The Bertz CT molecular complexity index is 504. The first-order valence-electron chi connectivity index (χ1n) is 6.22. The van der Waals surface area contributed by atoms with Gasteiger partial charge in [0, 0.05) is 6.42 Å². The first kappa shape index (κ1) is 11.3. The topological polar surface area (TPSA) is 75.4 Å². The summed E-state index contributed by atoms with van der Waals surface area (Å²) in [5.74, 6) is 1.03. The summed E-state index contributed by atoms with van der Waals surface area (Å²) in [4.78, 5) is 29.2. The molecular formula is C12H15N3O3. The Morgan fingerprint density at radius 2 is 2.28 bits per heavy atom. The zero-order chi connectivity index (χ0) is 12.8. The quantitative estimate of drug-likeness (QED) is 0.817. The van der Waals surface area contributed by atoms with E-state index in [0.717, 1.165) is 31.4 Å². The zero-order valence-corrected chi connectivity index (χ0v) is 10.2. The molecular weight excluding hydrogens is 234 g/mol. The predicted molar refractivity (Wildman–Crippen MR) is 61.5 cm³/mol. The highest BCUT2D eigenvalue weighted by atomic mass is 16.4. The van der Waals surface area contributed by atoms with Crippen LogP contribution in [0, 0.1) is 0 Å². The number of hydrogen-bond acceptors (Lipinski definition) is 4. The molecule has 3 amide bonds. The first-order valence-corrected chi connectivity index (χ1v) is 6.22. The Morgan fingerprint density at radius 3 is 2.78 bits per heavy atom. The molecule has 1 saturated carbocycles. The van der Waals surface area contributed by atoms with Gasteiger partial charge in [-0.15, -0.1) is 0 Å². The third kappa shape index (κ3) is 1.52. The van der Waals surface area contributed by atoms with Crippen LogP contribution in [0.15, 0.2) is 10.6 Å². The Hall–Kier alpha value is -1.85. The maximum absolute atomic E-state index is 12.2. The third-order valence-corrected chi connectivity index (χ3v) is 3.70. The van der Waals surface area contributed by atoms with Crippen LogP contribution in [0.5, 0.6) is 0 Å². The van der Waals surface area contributed by atoms with Gasteiger partial charge in [-0.05, 0) is 19.3 Å². The number of amides is 3. The highest BCUT2D eigenvalue weighted by Crippen LogP contribution is 2.37. The fourth-order valence-corrected chi connectivity index (χ4v) is 2.41. The van der Waals surface area contributed by atoms with Crippen molar-refractivity contribution in [3.63, 3.8) is 0 Å². The molecule has 0 unspecified atom stereocenters. The molecule has 6 heteroatoms. The summed E-state index contributed by atoms with van der Waals surface area (Å²) >= 11 is 0. The van der Waals surface area contributed by atoms with Gasteiger partial charge in [-0.2, -0.15) is 0 Å². The largest absolute Gasteiger partial charge is 0.444 e. The standard InChI is InChI=1S/C12H15N3O3/c1-2-8-6-13-9(18-8)7-15-10(16)12(4-3-5-12)14-11(15)17/h6H,2-5,7H2,1H3,(H,14,17). The lowest BCUT2D eigenvalue weighted by Crippen LogP contribution is -2.52. The van der Waals surface area contributed by atoms with Gasteiger partial charge in [0.15, 0.2) is 0 Å². The van der Waals surface area contributed by atoms with Crippen molar-refractivity contribution in [2.75, 3.05) is 0 Å². The average molecular weight is 249 g/mol. The van der Waals surface area contributed by atoms with Crippen LogP contribution >= 0.6 is 0 Å². The fourth-order valence-electron chi connectivity index (χ4n) is 2.41. The molecule has 0 radical (unpaired) electrons. The van der Waals surface area contributed by atoms with E-state index in [2.05, 4.69) is 10.3 Å². The molecule has 2 aliphatic rings. The number of nitrogens with one attached hydrogen (secondary N) is 1. The van der Waals surface area contributed by atoms with Gasteiger partial charge < -0.3 is 9.73 Å². The van der Waals surface area contributed by atoms with Crippen LogP contribution in [0.1, 0.15) is 37.8 Å². The number of rotatable bonds is 3. The van der Waals surface area contributed by atoms with Gasteiger partial charge in [-0.3, -0.25) is 9.69 Å². The Balaban J connectivity index is 1.76. The minimum absolute atomic E-state index is 0.117. The second-order valence-electron chi connectivity index (χ2n) is 4.83. The second kappa shape index (κ2) is 3.83. The molecule has 1 spiro atoms. The molecule has 1 aliphatic heterocycles. The zero-order valence-electron chi connectivity index (χ0n) is 10.2. The number of urea groups is 1. The van der Waals surface area contributed by atoms with Crippen LogP contribution < -0.4 is 5.32 Å². The van der Waals surface area contributed by atoms with Gasteiger partial charge >= 0.3 is 6.03 Å². The molecule has 0 aromatic carbocycles. The molecule has 1 aromatic heterocycles. The van der Waals surface area contributed by atoms with Gasteiger partial charge in [0.25, 0.3) is 5.91 Å². The molecule has 2 fully saturated rings. The summed E-state index contributed by atoms with van der Waals surface area (Å²) in [6.07, 6.45) is 4.84. The van der Waals surface area contributed by atoms with E-state index in [4.69, 9.17) is 4.42 Å². The van der Waals surface area contributed by atoms with Crippen LogP contribution in [-0.2, 0) is 17.8 Å². The van der Waals surface area contributed by atoms with Crippen molar-refractivity contribution in [1.29, 1.82) is 0 Å². The van der Waals surface area contributed by atoms with Crippen molar-refractivity contribution >= 4 is 11.9 Å². The molecule has 96 valence electrons. The van der Waals surface area contributed by atoms with Crippen molar-refractivity contribution in [3.8, 4) is 0 Å². The Morgan fingerprint density at radius 1 is 1.50 bits per heavy atom. The van der Waals surface area contributed by atoms with E-state index in [9.17, 15) is 9.59 Å². The van der Waals surface area contributed by atoms with Crippen molar-refractivity contribution in [3.05, 3.63) is 17.8 Å². The minimum Gasteiger partial charge on any atom is -0.444 e. The van der Waals surface area contributed by atoms with Crippen molar-refractivity contribution in [1.82, 2.24) is 15.2 Å². The number of carbonyl (C=O) groups excluding carboxylic acids is 2. The lowest BCUT2D eigenvalue weighted by molar-refractivity contribution is -0.134. The lowest BCUT2D eigenvalue weighted by atomic mass is 9.77. The SMILES string of the molecule is CCc1cnc(CN2C(=O)NC3(CCC3)C2=O)o1. The van der Waals surface area contributed by atoms with Crippen LogP contribution in [0.25, 0.3) is 0 Å². The maximum Gasteiger partial charge on any atom is 0.325 e. The molecule has 18 heavy (non-hydrogen) atoms. The smallest absolute Gasteiger partial charge is 0.325 e. The highest BCUT2D eigenvalue weighted by Gasteiger charge is 2.54. The summed E-state index contributed by atoms with van der Waals surface area (Å²) < 4.78 is 5.43. The van der Waals surface area contributed by atoms with Gasteiger partial charge in [0.2, 0.25) is 5.89 Å². The molecule has 3 rings (SSSR count). The summed E-state index contributed by atoms with van der Waals surface area (Å²) in [5.41, 5.74) is -0.628. The van der Waals surface area contributed by atoms with Gasteiger partial charge in [-0.1, -0.05) is 6.92 Å². The normalized spacial score (nSPS) is 21.3. The summed E-state index contributed by atoms with van der Waals surface area (Å²) in [6.45, 7) is 2.08. The number of oxazole rings is 1. The van der Waals surface area contributed by atoms with E-state index in [1.54, 1.807) is 6.20 Å². The van der Waals surface area contributed by atoms with Gasteiger partial charge in [0.1, 0.15) is 17.8 Å². The predicted octanol–water partition coefficient (Wildman–Crippen LogP) is 1.21. The lowest BCUT2D eigenvalue weighted by Gasteiger charge is -2.34. The molecule has 6 nitrogen and oxygen atoms in total. The van der Waals surface area contributed by atoms with E-state index < -0.39 is 5.54 Å². The van der Waals surface area contributed by atoms with Crippen LogP contribution in [0.4, 0.5) is 4.79 Å². The highest BCUT2D eigenvalue weighted by molar-refractivity contribution is 6.07. The molecule has 0 bridgehead atoms. The van der Waals surface area contributed by atoms with E-state index >= 15 is 0 Å². The number of carbonyl (C=O) groups is 2. The number of aryl methyl sites for hydroxylation is 1. The van der Waals surface area contributed by atoms with Gasteiger partial charge in [0.05, 0.1) is 6.20 Å². The van der Waals surface area contributed by atoms with E-state index in [0.29, 0.717) is 5.89 Å². The number of nitrogens with zero attached hydrogens (tertiary/aromatic N) is 2. The molecule has 1 aromatic rings. The first-order chi connectivity index (χ1) is 8.64. The summed E-state index contributed by atoms with van der Waals surface area (Å²) in [6, 6.07) is -0.337. The van der Waals surface area contributed by atoms with Crippen LogP contribution in [0.2, 0.25) is 0 Å². The third-order valence-electron chi connectivity index (χ3n) is 3.70. The van der Waals surface area contributed by atoms with Crippen LogP contribution in [0.3, 0.4) is 0 Å². The van der Waals surface area contributed by atoms with E-state index in [1.807, 2.05) is 6.92 Å². The second-order valence-corrected chi connectivity index (χ2v) is 4.83. The van der Waals surface area contributed by atoms with E-state index in [-0.39, 0.29) is 18.5 Å². The molecule has 1 saturated heterocycles. The Kier molecular flexibility index (Phi) is 2.39. The molecule has 1 aliphatic carbocycles.